The van der Waals surface area contributed by atoms with Crippen LogP contribution in [-0.4, -0.2) is 8.32 Å². The molecule has 0 saturated carbocycles. The quantitative estimate of drug-likeness (QED) is 0.770. The first-order chi connectivity index (χ1) is 6.42. The Morgan fingerprint density at radius 1 is 1.36 bits per heavy atom. The Morgan fingerprint density at radius 3 is 2.50 bits per heavy atom. The molecule has 0 atom stereocenters. The van der Waals surface area contributed by atoms with E-state index in [0.717, 1.165) is 10.2 Å². The van der Waals surface area contributed by atoms with Crippen LogP contribution in [-0.2, 0) is 0 Å². The van der Waals surface area contributed by atoms with Gasteiger partial charge in [-0.15, -0.1) is 0 Å². The summed E-state index contributed by atoms with van der Waals surface area (Å²) < 4.78 is 6.72. The Kier molecular flexibility index (Phi) is 3.35. The van der Waals surface area contributed by atoms with E-state index in [-0.39, 0.29) is 0 Å². The number of halogens is 1. The van der Waals surface area contributed by atoms with E-state index < -0.39 is 8.32 Å². The fourth-order valence-electron chi connectivity index (χ4n) is 0.981. The van der Waals surface area contributed by atoms with Crippen molar-refractivity contribution in [3.05, 3.63) is 28.2 Å². The van der Waals surface area contributed by atoms with E-state index in [0.29, 0.717) is 5.56 Å². The molecule has 0 bridgehead atoms. The topological polar surface area (TPSA) is 33.0 Å². The first kappa shape index (κ1) is 11.3. The van der Waals surface area contributed by atoms with Gasteiger partial charge < -0.3 is 4.43 Å². The van der Waals surface area contributed by atoms with Crippen LogP contribution in [0.2, 0.25) is 19.6 Å². The van der Waals surface area contributed by atoms with E-state index in [1.165, 1.54) is 0 Å². The van der Waals surface area contributed by atoms with E-state index >= 15 is 0 Å². The molecule has 1 rings (SSSR count). The van der Waals surface area contributed by atoms with E-state index in [9.17, 15) is 0 Å². The lowest BCUT2D eigenvalue weighted by molar-refractivity contribution is 0.554. The maximum atomic E-state index is 8.74. The Morgan fingerprint density at radius 2 is 2.00 bits per heavy atom. The summed E-state index contributed by atoms with van der Waals surface area (Å²) in [6, 6.07) is 7.47. The minimum atomic E-state index is -1.60. The lowest BCUT2D eigenvalue weighted by atomic mass is 10.2. The highest BCUT2D eigenvalue weighted by molar-refractivity contribution is 9.10. The van der Waals surface area contributed by atoms with Gasteiger partial charge in [0.2, 0.25) is 8.32 Å². The molecule has 0 fully saturated rings. The second-order valence-electron chi connectivity index (χ2n) is 3.97. The van der Waals surface area contributed by atoms with Crippen LogP contribution in [0.1, 0.15) is 5.56 Å². The van der Waals surface area contributed by atoms with Crippen molar-refractivity contribution in [1.82, 2.24) is 0 Å². The summed E-state index contributed by atoms with van der Waals surface area (Å²) in [5.41, 5.74) is 0.626. The van der Waals surface area contributed by atoms with Gasteiger partial charge in [0.25, 0.3) is 0 Å². The molecule has 0 aliphatic rings. The predicted octanol–water partition coefficient (Wildman–Crippen LogP) is 3.53. The van der Waals surface area contributed by atoms with Gasteiger partial charge in [0.15, 0.2) is 0 Å². The van der Waals surface area contributed by atoms with Crippen LogP contribution in [0, 0.1) is 11.3 Å². The van der Waals surface area contributed by atoms with Gasteiger partial charge >= 0.3 is 0 Å². The zero-order valence-electron chi connectivity index (χ0n) is 8.47. The zero-order valence-corrected chi connectivity index (χ0v) is 11.1. The van der Waals surface area contributed by atoms with Gasteiger partial charge in [-0.05, 0) is 53.8 Å². The molecule has 4 heteroatoms. The van der Waals surface area contributed by atoms with Gasteiger partial charge in [-0.2, -0.15) is 5.26 Å². The van der Waals surface area contributed by atoms with Crippen molar-refractivity contribution < 1.29 is 4.43 Å². The average Bonchev–Trinajstić information content (AvgIpc) is 2.06. The lowest BCUT2D eigenvalue weighted by Gasteiger charge is -2.20. The Balaban J connectivity index is 3.03. The highest BCUT2D eigenvalue weighted by atomic mass is 79.9. The summed E-state index contributed by atoms with van der Waals surface area (Å²) in [5.74, 6) is 0.767. The summed E-state index contributed by atoms with van der Waals surface area (Å²) in [6.07, 6.45) is 0. The van der Waals surface area contributed by atoms with E-state index in [4.69, 9.17) is 9.69 Å². The lowest BCUT2D eigenvalue weighted by Crippen LogP contribution is -2.29. The van der Waals surface area contributed by atoms with Crippen LogP contribution in [0.15, 0.2) is 22.7 Å². The number of rotatable bonds is 2. The molecular weight excluding hydrogens is 258 g/mol. The molecule has 14 heavy (non-hydrogen) atoms. The van der Waals surface area contributed by atoms with Gasteiger partial charge in [-0.3, -0.25) is 0 Å². The van der Waals surface area contributed by atoms with Crippen molar-refractivity contribution in [3.63, 3.8) is 0 Å². The molecule has 0 aliphatic carbocycles. The molecule has 0 saturated heterocycles. The highest BCUT2D eigenvalue weighted by Crippen LogP contribution is 2.28. The van der Waals surface area contributed by atoms with Gasteiger partial charge in [-0.1, -0.05) is 0 Å². The molecular formula is C10H12BrNOSi. The van der Waals surface area contributed by atoms with Crippen LogP contribution in [0.3, 0.4) is 0 Å². The molecule has 0 aromatic heterocycles. The maximum absolute atomic E-state index is 8.74. The largest absolute Gasteiger partial charge is 0.544 e. The summed E-state index contributed by atoms with van der Waals surface area (Å²) in [4.78, 5) is 0. The number of nitriles is 1. The molecule has 0 N–H and O–H groups in total. The molecule has 74 valence electrons. The standard InChI is InChI=1S/C10H12BrNOSi/c1-14(2,3)13-10-6-8(7-12)4-5-9(10)11/h4-6H,1-3H3. The third-order valence-electron chi connectivity index (χ3n) is 1.48. The highest BCUT2D eigenvalue weighted by Gasteiger charge is 2.17. The molecule has 0 spiro atoms. The average molecular weight is 270 g/mol. The van der Waals surface area contributed by atoms with Crippen molar-refractivity contribution in [2.24, 2.45) is 0 Å². The smallest absolute Gasteiger partial charge is 0.242 e. The predicted molar refractivity (Wildman–Crippen MR) is 62.8 cm³/mol. The number of hydrogen-bond donors (Lipinski definition) is 0. The molecule has 0 heterocycles. The molecule has 2 nitrogen and oxygen atoms in total. The first-order valence-corrected chi connectivity index (χ1v) is 8.51. The van der Waals surface area contributed by atoms with Crippen molar-refractivity contribution in [1.29, 1.82) is 5.26 Å². The fraction of sp³-hybridized carbons (Fsp3) is 0.300. The fourth-order valence-corrected chi connectivity index (χ4v) is 2.29. The van der Waals surface area contributed by atoms with E-state index in [1.54, 1.807) is 12.1 Å². The molecule has 0 aliphatic heterocycles. The van der Waals surface area contributed by atoms with E-state index in [2.05, 4.69) is 41.6 Å². The number of benzene rings is 1. The van der Waals surface area contributed by atoms with Gasteiger partial charge in [0.05, 0.1) is 16.1 Å². The second kappa shape index (κ2) is 4.16. The summed E-state index contributed by atoms with van der Waals surface area (Å²) in [7, 11) is -1.60. The van der Waals surface area contributed by atoms with Gasteiger partial charge in [0.1, 0.15) is 5.75 Å². The minimum absolute atomic E-state index is 0.626. The minimum Gasteiger partial charge on any atom is -0.544 e. The Bertz CT molecular complexity index is 379. The Hall–Kier alpha value is -0.793. The van der Waals surface area contributed by atoms with Crippen molar-refractivity contribution >= 4 is 24.2 Å². The normalized spacial score (nSPS) is 10.8. The molecule has 0 amide bonds. The molecule has 1 aromatic rings. The molecule has 0 radical (unpaired) electrons. The van der Waals surface area contributed by atoms with Crippen molar-refractivity contribution in [2.75, 3.05) is 0 Å². The number of nitrogens with zero attached hydrogens (tertiary/aromatic N) is 1. The van der Waals surface area contributed by atoms with E-state index in [1.807, 2.05) is 6.07 Å². The molecule has 0 unspecified atom stereocenters. The Labute approximate surface area is 93.8 Å². The third-order valence-corrected chi connectivity index (χ3v) is 2.96. The summed E-state index contributed by atoms with van der Waals surface area (Å²) >= 11 is 3.40. The van der Waals surface area contributed by atoms with Gasteiger partial charge in [0, 0.05) is 0 Å². The molecule has 1 aromatic carbocycles. The SMILES string of the molecule is C[Si](C)(C)Oc1cc(C#N)ccc1Br. The van der Waals surface area contributed by atoms with Gasteiger partial charge in [-0.25, -0.2) is 0 Å². The first-order valence-electron chi connectivity index (χ1n) is 4.31. The van der Waals surface area contributed by atoms with Crippen LogP contribution >= 0.6 is 15.9 Å². The summed E-state index contributed by atoms with van der Waals surface area (Å²) in [5, 5.41) is 8.74. The number of hydrogen-bond acceptors (Lipinski definition) is 2. The van der Waals surface area contributed by atoms with Crippen molar-refractivity contribution in [2.45, 2.75) is 19.6 Å². The second-order valence-corrected chi connectivity index (χ2v) is 9.25. The zero-order chi connectivity index (χ0) is 10.8. The monoisotopic (exact) mass is 269 g/mol. The van der Waals surface area contributed by atoms with Crippen LogP contribution < -0.4 is 4.43 Å². The maximum Gasteiger partial charge on any atom is 0.242 e. The van der Waals surface area contributed by atoms with Crippen LogP contribution in [0.5, 0.6) is 5.75 Å². The van der Waals surface area contributed by atoms with Crippen LogP contribution in [0.4, 0.5) is 0 Å². The third kappa shape index (κ3) is 3.16. The van der Waals surface area contributed by atoms with Crippen LogP contribution in [0.25, 0.3) is 0 Å². The van der Waals surface area contributed by atoms with Crippen molar-refractivity contribution in [3.8, 4) is 11.8 Å². The summed E-state index contributed by atoms with van der Waals surface area (Å²) in [6.45, 7) is 6.33.